The minimum atomic E-state index is -1.31. The van der Waals surface area contributed by atoms with Crippen LogP contribution < -0.4 is 0 Å². The smallest absolute Gasteiger partial charge is 0.329 e. The van der Waals surface area contributed by atoms with Crippen LogP contribution in [0.2, 0.25) is 0 Å². The van der Waals surface area contributed by atoms with Crippen molar-refractivity contribution in [2.24, 2.45) is 5.92 Å². The Morgan fingerprint density at radius 1 is 1.16 bits per heavy atom. The van der Waals surface area contributed by atoms with Gasteiger partial charge < -0.3 is 5.11 Å². The zero-order valence-corrected chi connectivity index (χ0v) is 10.0. The summed E-state index contributed by atoms with van der Waals surface area (Å²) in [5.74, 6) is -3.59. The third kappa shape index (κ3) is 3.05. The number of rotatable bonds is 4. The Morgan fingerprint density at radius 3 is 2.16 bits per heavy atom. The van der Waals surface area contributed by atoms with Gasteiger partial charge in [-0.1, -0.05) is 6.42 Å². The van der Waals surface area contributed by atoms with Gasteiger partial charge in [0.1, 0.15) is 11.6 Å². The molecule has 0 saturated heterocycles. The highest BCUT2D eigenvalue weighted by Gasteiger charge is 2.29. The predicted molar refractivity (Wildman–Crippen MR) is 64.3 cm³/mol. The number of hydrogen-bond donors (Lipinski definition) is 1. The summed E-state index contributed by atoms with van der Waals surface area (Å²) in [6.07, 6.45) is 3.00. The first-order valence-electron chi connectivity index (χ1n) is 5.92. The van der Waals surface area contributed by atoms with Gasteiger partial charge in [-0.2, -0.15) is 0 Å². The van der Waals surface area contributed by atoms with E-state index in [9.17, 15) is 18.4 Å². The quantitative estimate of drug-likeness (QED) is 0.852. The second-order valence-electron chi connectivity index (χ2n) is 4.55. The lowest BCUT2D eigenvalue weighted by Crippen LogP contribution is -2.23. The summed E-state index contributed by atoms with van der Waals surface area (Å²) in [6.45, 7) is 0. The molecule has 1 aliphatic carbocycles. The van der Waals surface area contributed by atoms with Gasteiger partial charge >= 0.3 is 5.97 Å². The van der Waals surface area contributed by atoms with Gasteiger partial charge in [-0.05, 0) is 30.5 Å². The van der Waals surface area contributed by atoms with Crippen molar-refractivity contribution in [3.63, 3.8) is 0 Å². The Balaban J connectivity index is 2.42. The molecule has 2 rings (SSSR count). The van der Waals surface area contributed by atoms with Crippen LogP contribution in [0.15, 0.2) is 24.3 Å². The van der Waals surface area contributed by atoms with Crippen molar-refractivity contribution in [2.75, 3.05) is 0 Å². The number of benzene rings is 1. The van der Waals surface area contributed by atoms with Gasteiger partial charge in [0.05, 0.1) is 0 Å². The van der Waals surface area contributed by atoms with Crippen molar-refractivity contribution in [1.82, 2.24) is 0 Å². The highest BCUT2D eigenvalue weighted by molar-refractivity contribution is 6.25. The largest absolute Gasteiger partial charge is 0.478 e. The maximum Gasteiger partial charge on any atom is 0.329 e. The van der Waals surface area contributed by atoms with E-state index < -0.39 is 17.6 Å². The lowest BCUT2D eigenvalue weighted by Gasteiger charge is -2.24. The van der Waals surface area contributed by atoms with Gasteiger partial charge in [0.2, 0.25) is 0 Å². The third-order valence-electron chi connectivity index (χ3n) is 3.18. The summed E-state index contributed by atoms with van der Waals surface area (Å²) in [6, 6.07) is 2.61. The normalized spacial score (nSPS) is 16.0. The molecule has 0 aromatic heterocycles. The SMILES string of the molecule is O=C(O)C=C(C(=O)C1CCC1)c1cc(F)cc(F)c1. The molecule has 5 heteroatoms. The predicted octanol–water partition coefficient (Wildman–Crippen LogP) is 2.80. The number of carboxylic acid groups (broad SMARTS) is 1. The molecule has 0 unspecified atom stereocenters. The van der Waals surface area contributed by atoms with E-state index >= 15 is 0 Å². The number of aliphatic carboxylic acids is 1. The van der Waals surface area contributed by atoms with E-state index in [4.69, 9.17) is 5.11 Å². The Kier molecular flexibility index (Phi) is 3.74. The van der Waals surface area contributed by atoms with Gasteiger partial charge in [-0.15, -0.1) is 0 Å². The molecule has 1 saturated carbocycles. The Hall–Kier alpha value is -2.04. The summed E-state index contributed by atoms with van der Waals surface area (Å²) in [7, 11) is 0. The van der Waals surface area contributed by atoms with Crippen LogP contribution in [0.4, 0.5) is 8.78 Å². The maximum absolute atomic E-state index is 13.2. The van der Waals surface area contributed by atoms with Gasteiger partial charge in [0, 0.05) is 23.6 Å². The van der Waals surface area contributed by atoms with Crippen molar-refractivity contribution >= 4 is 17.3 Å². The zero-order chi connectivity index (χ0) is 14.0. The standard InChI is InChI=1S/C14H12F2O3/c15-10-4-9(5-11(16)6-10)12(7-13(17)18)14(19)8-2-1-3-8/h4-8H,1-3H2,(H,17,18). The topological polar surface area (TPSA) is 54.4 Å². The fourth-order valence-electron chi connectivity index (χ4n) is 2.02. The summed E-state index contributed by atoms with van der Waals surface area (Å²) in [5.41, 5.74) is -0.174. The van der Waals surface area contributed by atoms with Gasteiger partial charge in [-0.25, -0.2) is 13.6 Å². The second-order valence-corrected chi connectivity index (χ2v) is 4.55. The number of ketones is 1. The molecule has 3 nitrogen and oxygen atoms in total. The molecule has 1 N–H and O–H groups in total. The van der Waals surface area contributed by atoms with Gasteiger partial charge in [0.15, 0.2) is 5.78 Å². The number of carbonyl (C=O) groups excluding carboxylic acids is 1. The maximum atomic E-state index is 13.2. The van der Waals surface area contributed by atoms with Gasteiger partial charge in [0.25, 0.3) is 0 Å². The molecule has 0 amide bonds. The average Bonchev–Trinajstić information content (AvgIpc) is 2.21. The zero-order valence-electron chi connectivity index (χ0n) is 10.0. The third-order valence-corrected chi connectivity index (χ3v) is 3.18. The van der Waals surface area contributed by atoms with Crippen molar-refractivity contribution < 1.29 is 23.5 Å². The van der Waals surface area contributed by atoms with Crippen molar-refractivity contribution in [3.05, 3.63) is 41.5 Å². The van der Waals surface area contributed by atoms with E-state index in [-0.39, 0.29) is 22.8 Å². The summed E-state index contributed by atoms with van der Waals surface area (Å²) < 4.78 is 26.3. The molecule has 1 aromatic rings. The number of halogens is 2. The number of allylic oxidation sites excluding steroid dienone is 1. The molecule has 0 spiro atoms. The highest BCUT2D eigenvalue weighted by Crippen LogP contribution is 2.32. The monoisotopic (exact) mass is 266 g/mol. The summed E-state index contributed by atoms with van der Waals surface area (Å²) in [5, 5.41) is 8.79. The van der Waals surface area contributed by atoms with Crippen LogP contribution in [0.1, 0.15) is 24.8 Å². The van der Waals surface area contributed by atoms with E-state index in [1.807, 2.05) is 0 Å². The molecule has 1 aromatic carbocycles. The first-order chi connectivity index (χ1) is 8.97. The molecule has 0 atom stereocenters. The molecule has 1 fully saturated rings. The van der Waals surface area contributed by atoms with E-state index in [1.54, 1.807) is 0 Å². The molecular weight excluding hydrogens is 254 g/mol. The molecule has 1 aliphatic rings. The average molecular weight is 266 g/mol. The Bertz CT molecular complexity index is 540. The van der Waals surface area contributed by atoms with E-state index in [0.29, 0.717) is 18.9 Å². The number of carboxylic acids is 1. The van der Waals surface area contributed by atoms with Crippen molar-refractivity contribution in [2.45, 2.75) is 19.3 Å². The Labute approximate surface area is 108 Å². The second kappa shape index (κ2) is 5.30. The van der Waals surface area contributed by atoms with Crippen LogP contribution in [0.3, 0.4) is 0 Å². The van der Waals surface area contributed by atoms with E-state index in [2.05, 4.69) is 0 Å². The van der Waals surface area contributed by atoms with Crippen LogP contribution in [0, 0.1) is 17.6 Å². The molecule has 0 heterocycles. The minimum Gasteiger partial charge on any atom is -0.478 e. The Morgan fingerprint density at radius 2 is 1.74 bits per heavy atom. The van der Waals surface area contributed by atoms with Crippen LogP contribution in [0.25, 0.3) is 5.57 Å². The number of Topliss-reactive ketones (excluding diaryl/α,β-unsaturated/α-hetero) is 1. The lowest BCUT2D eigenvalue weighted by molar-refractivity contribution is -0.131. The van der Waals surface area contributed by atoms with Crippen LogP contribution in [-0.4, -0.2) is 16.9 Å². The molecule has 0 radical (unpaired) electrons. The molecule has 100 valence electrons. The van der Waals surface area contributed by atoms with Crippen molar-refractivity contribution in [1.29, 1.82) is 0 Å². The molecule has 0 aliphatic heterocycles. The van der Waals surface area contributed by atoms with Crippen LogP contribution in [0.5, 0.6) is 0 Å². The summed E-state index contributed by atoms with van der Waals surface area (Å²) >= 11 is 0. The van der Waals surface area contributed by atoms with E-state index in [0.717, 1.165) is 24.6 Å². The number of carbonyl (C=O) groups is 2. The molecule has 19 heavy (non-hydrogen) atoms. The minimum absolute atomic E-state index is 0.0307. The lowest BCUT2D eigenvalue weighted by atomic mass is 9.78. The van der Waals surface area contributed by atoms with Crippen LogP contribution in [-0.2, 0) is 9.59 Å². The van der Waals surface area contributed by atoms with Crippen molar-refractivity contribution in [3.8, 4) is 0 Å². The van der Waals surface area contributed by atoms with Crippen LogP contribution >= 0.6 is 0 Å². The molecular formula is C14H12F2O3. The van der Waals surface area contributed by atoms with Gasteiger partial charge in [-0.3, -0.25) is 4.79 Å². The fraction of sp³-hybridized carbons (Fsp3) is 0.286. The first kappa shape index (κ1) is 13.4. The number of hydrogen-bond acceptors (Lipinski definition) is 2. The highest BCUT2D eigenvalue weighted by atomic mass is 19.1. The van der Waals surface area contributed by atoms with E-state index in [1.165, 1.54) is 0 Å². The fourth-order valence-corrected chi connectivity index (χ4v) is 2.02. The molecule has 0 bridgehead atoms. The first-order valence-corrected chi connectivity index (χ1v) is 5.92. The summed E-state index contributed by atoms with van der Waals surface area (Å²) in [4.78, 5) is 22.9.